The molecule has 0 bridgehead atoms. The van der Waals surface area contributed by atoms with Crippen LogP contribution in [0.2, 0.25) is 0 Å². The Bertz CT molecular complexity index is 160. The highest BCUT2D eigenvalue weighted by Gasteiger charge is 2.40. The van der Waals surface area contributed by atoms with E-state index in [1.165, 1.54) is 6.42 Å². The number of hydrogen-bond donors (Lipinski definition) is 0. The van der Waals surface area contributed by atoms with Crippen molar-refractivity contribution in [2.45, 2.75) is 48.0 Å². The Balaban J connectivity index is 2.80. The number of rotatable bonds is 0. The molecular formula is C13H26O. The molecule has 1 nitrogen and oxygen atoms in total. The summed E-state index contributed by atoms with van der Waals surface area (Å²) in [7, 11) is 0. The molecule has 0 amide bonds. The Morgan fingerprint density at radius 2 is 1.36 bits per heavy atom. The van der Waals surface area contributed by atoms with Gasteiger partial charge in [0.15, 0.2) is 0 Å². The Kier molecular flexibility index (Phi) is 3.30. The van der Waals surface area contributed by atoms with Gasteiger partial charge in [-0.2, -0.15) is 0 Å². The molecule has 0 radical (unpaired) electrons. The minimum atomic E-state index is 0.373. The summed E-state index contributed by atoms with van der Waals surface area (Å²) < 4.78 is 5.63. The lowest BCUT2D eigenvalue weighted by molar-refractivity contribution is -0.0656. The van der Waals surface area contributed by atoms with Crippen LogP contribution in [0.5, 0.6) is 0 Å². The second-order valence-electron chi connectivity index (χ2n) is 6.81. The molecule has 0 N–H and O–H groups in total. The van der Waals surface area contributed by atoms with Crippen LogP contribution in [0.15, 0.2) is 0 Å². The lowest BCUT2D eigenvalue weighted by Gasteiger charge is -2.46. The van der Waals surface area contributed by atoms with E-state index in [4.69, 9.17) is 4.74 Å². The van der Waals surface area contributed by atoms with Crippen LogP contribution in [-0.4, -0.2) is 13.2 Å². The minimum absolute atomic E-state index is 0.373. The third-order valence-electron chi connectivity index (χ3n) is 3.58. The molecule has 1 aliphatic heterocycles. The summed E-state index contributed by atoms with van der Waals surface area (Å²) in [6.45, 7) is 16.0. The summed E-state index contributed by atoms with van der Waals surface area (Å²) in [6, 6.07) is 0. The topological polar surface area (TPSA) is 9.23 Å². The van der Waals surface area contributed by atoms with Gasteiger partial charge in [0.25, 0.3) is 0 Å². The maximum absolute atomic E-state index is 5.63. The van der Waals surface area contributed by atoms with Crippen molar-refractivity contribution in [2.24, 2.45) is 22.7 Å². The third-order valence-corrected chi connectivity index (χ3v) is 3.58. The van der Waals surface area contributed by atoms with Gasteiger partial charge in [-0.1, -0.05) is 41.5 Å². The molecule has 1 saturated heterocycles. The van der Waals surface area contributed by atoms with Crippen molar-refractivity contribution in [2.75, 3.05) is 13.2 Å². The van der Waals surface area contributed by atoms with Crippen LogP contribution in [0.1, 0.15) is 48.0 Å². The van der Waals surface area contributed by atoms with Gasteiger partial charge in [-0.25, -0.2) is 0 Å². The zero-order valence-corrected chi connectivity index (χ0v) is 10.7. The van der Waals surface area contributed by atoms with Crippen molar-refractivity contribution < 1.29 is 4.74 Å². The van der Waals surface area contributed by atoms with E-state index >= 15 is 0 Å². The molecule has 0 aromatic rings. The first-order valence-corrected chi connectivity index (χ1v) is 5.80. The molecule has 0 saturated carbocycles. The monoisotopic (exact) mass is 198 g/mol. The zero-order chi connectivity index (χ0) is 11.0. The molecule has 14 heavy (non-hydrogen) atoms. The molecule has 0 aliphatic carbocycles. The predicted molar refractivity (Wildman–Crippen MR) is 61.3 cm³/mol. The smallest absolute Gasteiger partial charge is 0.0502 e. The Labute approximate surface area is 89.2 Å². The quantitative estimate of drug-likeness (QED) is 0.576. The molecule has 1 rings (SSSR count). The van der Waals surface area contributed by atoms with Gasteiger partial charge in [0.1, 0.15) is 0 Å². The summed E-state index contributed by atoms with van der Waals surface area (Å²) in [5, 5.41) is 0. The van der Waals surface area contributed by atoms with Crippen molar-refractivity contribution in [1.82, 2.24) is 0 Å². The summed E-state index contributed by atoms with van der Waals surface area (Å²) in [6.07, 6.45) is 1.23. The second kappa shape index (κ2) is 3.84. The second-order valence-corrected chi connectivity index (χ2v) is 6.81. The largest absolute Gasteiger partial charge is 0.381 e. The molecule has 1 heterocycles. The maximum atomic E-state index is 5.63. The number of hydrogen-bond acceptors (Lipinski definition) is 1. The predicted octanol–water partition coefficient (Wildman–Crippen LogP) is 3.73. The van der Waals surface area contributed by atoms with Gasteiger partial charge in [0, 0.05) is 6.61 Å². The average Bonchev–Trinajstić information content (AvgIpc) is 2.01. The first kappa shape index (κ1) is 12.0. The maximum Gasteiger partial charge on any atom is 0.0502 e. The molecule has 0 spiro atoms. The fourth-order valence-electron chi connectivity index (χ4n) is 2.63. The fraction of sp³-hybridized carbons (Fsp3) is 1.00. The van der Waals surface area contributed by atoms with Gasteiger partial charge < -0.3 is 4.74 Å². The van der Waals surface area contributed by atoms with Gasteiger partial charge >= 0.3 is 0 Å². The fourth-order valence-corrected chi connectivity index (χ4v) is 2.63. The van der Waals surface area contributed by atoms with Gasteiger partial charge in [0.05, 0.1) is 6.61 Å². The molecule has 0 aromatic carbocycles. The van der Waals surface area contributed by atoms with E-state index in [0.29, 0.717) is 16.7 Å². The zero-order valence-electron chi connectivity index (χ0n) is 10.7. The van der Waals surface area contributed by atoms with Crippen LogP contribution in [0.25, 0.3) is 0 Å². The van der Waals surface area contributed by atoms with Crippen LogP contribution in [0.3, 0.4) is 0 Å². The van der Waals surface area contributed by atoms with Crippen LogP contribution in [0, 0.1) is 22.7 Å². The summed E-state index contributed by atoms with van der Waals surface area (Å²) >= 11 is 0. The summed E-state index contributed by atoms with van der Waals surface area (Å²) in [4.78, 5) is 0. The number of ether oxygens (including phenoxy) is 1. The van der Waals surface area contributed by atoms with Crippen molar-refractivity contribution in [3.05, 3.63) is 0 Å². The highest BCUT2D eigenvalue weighted by Crippen LogP contribution is 2.45. The summed E-state index contributed by atoms with van der Waals surface area (Å²) in [5.41, 5.74) is 0.792. The van der Waals surface area contributed by atoms with E-state index in [1.807, 2.05) is 0 Å². The van der Waals surface area contributed by atoms with E-state index in [1.54, 1.807) is 0 Å². The molecule has 0 aromatic heterocycles. The molecular weight excluding hydrogens is 172 g/mol. The van der Waals surface area contributed by atoms with E-state index in [2.05, 4.69) is 41.5 Å². The highest BCUT2D eigenvalue weighted by atomic mass is 16.5. The summed E-state index contributed by atoms with van der Waals surface area (Å²) in [5.74, 6) is 1.51. The van der Waals surface area contributed by atoms with Gasteiger partial charge in [-0.05, 0) is 29.1 Å². The minimum Gasteiger partial charge on any atom is -0.381 e. The van der Waals surface area contributed by atoms with Crippen LogP contribution >= 0.6 is 0 Å². The van der Waals surface area contributed by atoms with Crippen molar-refractivity contribution in [1.29, 1.82) is 0 Å². The van der Waals surface area contributed by atoms with E-state index in [9.17, 15) is 0 Å². The molecule has 1 aliphatic rings. The molecule has 1 unspecified atom stereocenters. The van der Waals surface area contributed by atoms with Crippen molar-refractivity contribution in [3.8, 4) is 0 Å². The van der Waals surface area contributed by atoms with Crippen molar-refractivity contribution in [3.63, 3.8) is 0 Å². The van der Waals surface area contributed by atoms with Crippen LogP contribution in [0.4, 0.5) is 0 Å². The van der Waals surface area contributed by atoms with Crippen LogP contribution < -0.4 is 0 Å². The van der Waals surface area contributed by atoms with Crippen molar-refractivity contribution >= 4 is 0 Å². The van der Waals surface area contributed by atoms with E-state index in [0.717, 1.165) is 19.1 Å². The molecule has 84 valence electrons. The molecule has 1 fully saturated rings. The Morgan fingerprint density at radius 1 is 0.857 bits per heavy atom. The Hall–Kier alpha value is -0.0400. The lowest BCUT2D eigenvalue weighted by Crippen LogP contribution is -2.42. The SMILES string of the molecule is CC(C)(C)C1COCC[C@H]1C(C)(C)C. The van der Waals surface area contributed by atoms with Crippen LogP contribution in [-0.2, 0) is 4.74 Å². The standard InChI is InChI=1S/C13H26O/c1-12(2,3)10-7-8-14-9-11(10)13(4,5)6/h10-11H,7-9H2,1-6H3/t10-,11?/m1/s1. The highest BCUT2D eigenvalue weighted by molar-refractivity contribution is 4.88. The first-order valence-electron chi connectivity index (χ1n) is 5.80. The molecule has 2 atom stereocenters. The van der Waals surface area contributed by atoms with E-state index < -0.39 is 0 Å². The van der Waals surface area contributed by atoms with Gasteiger partial charge in [-0.15, -0.1) is 0 Å². The first-order chi connectivity index (χ1) is 6.23. The third kappa shape index (κ3) is 2.73. The van der Waals surface area contributed by atoms with E-state index in [-0.39, 0.29) is 0 Å². The van der Waals surface area contributed by atoms with Gasteiger partial charge in [0.2, 0.25) is 0 Å². The lowest BCUT2D eigenvalue weighted by atomic mass is 9.63. The average molecular weight is 198 g/mol. The Morgan fingerprint density at radius 3 is 1.71 bits per heavy atom. The van der Waals surface area contributed by atoms with Gasteiger partial charge in [-0.3, -0.25) is 0 Å². The molecule has 1 heteroatoms. The normalized spacial score (nSPS) is 30.4.